The smallest absolute Gasteiger partial charge is 0.164 e. The average Bonchev–Trinajstić information content (AvgIpc) is 2.98. The van der Waals surface area contributed by atoms with Gasteiger partial charge in [-0.2, -0.15) is 0 Å². The van der Waals surface area contributed by atoms with Gasteiger partial charge in [-0.15, -0.1) is 0 Å². The summed E-state index contributed by atoms with van der Waals surface area (Å²) in [6.07, 6.45) is 0. The van der Waals surface area contributed by atoms with E-state index in [1.807, 2.05) is 97.1 Å². The molecule has 0 aliphatic heterocycles. The molecular weight excluding hydrogens is 474 g/mol. The van der Waals surface area contributed by atoms with Crippen LogP contribution < -0.4 is 0 Å². The first kappa shape index (κ1) is 22.8. The number of aromatic nitrogens is 3. The lowest BCUT2D eigenvalue weighted by Crippen LogP contribution is -2.00. The Labute approximate surface area is 221 Å². The van der Waals surface area contributed by atoms with Gasteiger partial charge in [-0.3, -0.25) is 0 Å². The van der Waals surface area contributed by atoms with E-state index in [4.69, 9.17) is 26.6 Å². The largest absolute Gasteiger partial charge is 0.208 e. The zero-order chi connectivity index (χ0) is 25.0. The van der Waals surface area contributed by atoms with Crippen LogP contribution in [0.3, 0.4) is 0 Å². The Bertz CT molecular complexity index is 1660. The maximum absolute atomic E-state index is 6.10. The van der Waals surface area contributed by atoms with Crippen molar-refractivity contribution in [1.82, 2.24) is 15.0 Å². The molecule has 6 aromatic rings. The summed E-state index contributed by atoms with van der Waals surface area (Å²) in [4.78, 5) is 14.7. The van der Waals surface area contributed by atoms with Crippen molar-refractivity contribution in [2.45, 2.75) is 0 Å². The maximum atomic E-state index is 6.10. The molecule has 0 bridgehead atoms. The third kappa shape index (κ3) is 5.04. The summed E-state index contributed by atoms with van der Waals surface area (Å²) in [5.74, 6) is 1.91. The lowest BCUT2D eigenvalue weighted by Gasteiger charge is -2.10. The van der Waals surface area contributed by atoms with E-state index in [1.54, 1.807) is 0 Å². The van der Waals surface area contributed by atoms with Crippen molar-refractivity contribution < 1.29 is 0 Å². The molecule has 0 saturated heterocycles. The highest BCUT2D eigenvalue weighted by Gasteiger charge is 2.13. The Hall–Kier alpha value is -4.60. The second kappa shape index (κ2) is 10.2. The molecule has 0 unspecified atom stereocenters. The van der Waals surface area contributed by atoms with Gasteiger partial charge in [0.1, 0.15) is 0 Å². The van der Waals surface area contributed by atoms with Crippen LogP contribution in [0.1, 0.15) is 0 Å². The molecule has 1 aromatic heterocycles. The zero-order valence-electron chi connectivity index (χ0n) is 19.9. The Kier molecular flexibility index (Phi) is 6.28. The van der Waals surface area contributed by atoms with Crippen molar-refractivity contribution in [3.8, 4) is 56.4 Å². The van der Waals surface area contributed by atoms with E-state index in [2.05, 4.69) is 36.4 Å². The highest BCUT2D eigenvalue weighted by Crippen LogP contribution is 2.30. The fourth-order valence-corrected chi connectivity index (χ4v) is 4.43. The third-order valence-corrected chi connectivity index (χ3v) is 6.45. The second-order valence-electron chi connectivity index (χ2n) is 8.71. The molecule has 0 fully saturated rings. The molecule has 0 spiro atoms. The van der Waals surface area contributed by atoms with Crippen molar-refractivity contribution in [3.05, 3.63) is 138 Å². The van der Waals surface area contributed by atoms with Crippen molar-refractivity contribution in [2.75, 3.05) is 0 Å². The molecule has 1 heterocycles. The van der Waals surface area contributed by atoms with E-state index in [1.165, 1.54) is 0 Å². The number of halogens is 1. The molecule has 0 aliphatic carbocycles. The summed E-state index contributed by atoms with van der Waals surface area (Å²) in [7, 11) is 0. The molecule has 0 saturated carbocycles. The van der Waals surface area contributed by atoms with Gasteiger partial charge in [0.25, 0.3) is 0 Å². The molecule has 0 aliphatic rings. The van der Waals surface area contributed by atoms with Crippen molar-refractivity contribution in [2.24, 2.45) is 0 Å². The highest BCUT2D eigenvalue weighted by molar-refractivity contribution is 6.30. The van der Waals surface area contributed by atoms with Gasteiger partial charge in [0.15, 0.2) is 17.5 Å². The van der Waals surface area contributed by atoms with E-state index in [0.29, 0.717) is 22.5 Å². The molecule has 0 N–H and O–H groups in total. The van der Waals surface area contributed by atoms with E-state index in [9.17, 15) is 0 Å². The molecule has 37 heavy (non-hydrogen) atoms. The van der Waals surface area contributed by atoms with Crippen molar-refractivity contribution >= 4 is 11.6 Å². The summed E-state index contributed by atoms with van der Waals surface area (Å²) in [5.41, 5.74) is 7.23. The second-order valence-corrected chi connectivity index (χ2v) is 9.14. The topological polar surface area (TPSA) is 38.7 Å². The van der Waals surface area contributed by atoms with Crippen LogP contribution in [0.15, 0.2) is 133 Å². The standard InChI is InChI=1S/C33H22ClN3/c34-30-19-17-24(18-20-30)27-14-8-16-29(22-27)33-36-31(25-11-5-2-6-12-25)35-32(37-33)28-15-7-13-26(21-28)23-9-3-1-4-10-23/h1-22H. The quantitative estimate of drug-likeness (QED) is 0.240. The van der Waals surface area contributed by atoms with Crippen LogP contribution in [-0.2, 0) is 0 Å². The molecule has 0 amide bonds. The van der Waals surface area contributed by atoms with E-state index >= 15 is 0 Å². The summed E-state index contributed by atoms with van der Waals surface area (Å²) < 4.78 is 0. The zero-order valence-corrected chi connectivity index (χ0v) is 20.7. The Morgan fingerprint density at radius 1 is 0.324 bits per heavy atom. The number of nitrogens with zero attached hydrogens (tertiary/aromatic N) is 3. The first-order valence-electron chi connectivity index (χ1n) is 12.1. The Morgan fingerprint density at radius 3 is 1.22 bits per heavy atom. The lowest BCUT2D eigenvalue weighted by atomic mass is 10.0. The summed E-state index contributed by atoms with van der Waals surface area (Å²) in [6.45, 7) is 0. The molecular formula is C33H22ClN3. The minimum atomic E-state index is 0.629. The SMILES string of the molecule is Clc1ccc(-c2cccc(-c3nc(-c4ccccc4)nc(-c4cccc(-c5ccccc5)c4)n3)c2)cc1. The molecule has 4 heteroatoms. The van der Waals surface area contributed by atoms with Gasteiger partial charge in [-0.1, -0.05) is 121 Å². The van der Waals surface area contributed by atoms with Gasteiger partial charge < -0.3 is 0 Å². The first-order chi connectivity index (χ1) is 18.2. The molecule has 5 aromatic carbocycles. The van der Waals surface area contributed by atoms with Crippen LogP contribution in [-0.4, -0.2) is 15.0 Å². The summed E-state index contributed by atoms with van der Waals surface area (Å²) in [6, 6.07) is 44.8. The van der Waals surface area contributed by atoms with Crippen LogP contribution in [0.25, 0.3) is 56.4 Å². The highest BCUT2D eigenvalue weighted by atomic mass is 35.5. The molecule has 6 rings (SSSR count). The number of hydrogen-bond acceptors (Lipinski definition) is 3. The predicted molar refractivity (Wildman–Crippen MR) is 152 cm³/mol. The van der Waals surface area contributed by atoms with Crippen molar-refractivity contribution in [3.63, 3.8) is 0 Å². The van der Waals surface area contributed by atoms with Gasteiger partial charge in [0, 0.05) is 21.7 Å². The summed E-state index contributed by atoms with van der Waals surface area (Å²) >= 11 is 6.10. The maximum Gasteiger partial charge on any atom is 0.164 e. The third-order valence-electron chi connectivity index (χ3n) is 6.19. The number of rotatable bonds is 5. The van der Waals surface area contributed by atoms with Crippen LogP contribution in [0.5, 0.6) is 0 Å². The lowest BCUT2D eigenvalue weighted by molar-refractivity contribution is 1.07. The normalized spacial score (nSPS) is 10.8. The van der Waals surface area contributed by atoms with E-state index in [0.717, 1.165) is 38.9 Å². The van der Waals surface area contributed by atoms with Gasteiger partial charge in [-0.25, -0.2) is 15.0 Å². The minimum absolute atomic E-state index is 0.629. The first-order valence-corrected chi connectivity index (χ1v) is 12.4. The number of benzene rings is 5. The molecule has 176 valence electrons. The van der Waals surface area contributed by atoms with Gasteiger partial charge >= 0.3 is 0 Å². The van der Waals surface area contributed by atoms with Crippen LogP contribution in [0.4, 0.5) is 0 Å². The van der Waals surface area contributed by atoms with Crippen LogP contribution in [0, 0.1) is 0 Å². The Morgan fingerprint density at radius 2 is 0.703 bits per heavy atom. The number of hydrogen-bond donors (Lipinski definition) is 0. The van der Waals surface area contributed by atoms with E-state index < -0.39 is 0 Å². The van der Waals surface area contributed by atoms with E-state index in [-0.39, 0.29) is 0 Å². The summed E-state index contributed by atoms with van der Waals surface area (Å²) in [5, 5.41) is 0.715. The molecule has 0 atom stereocenters. The monoisotopic (exact) mass is 495 g/mol. The fraction of sp³-hybridized carbons (Fsp3) is 0. The average molecular weight is 496 g/mol. The predicted octanol–water partition coefficient (Wildman–Crippen LogP) is 8.86. The van der Waals surface area contributed by atoms with Crippen LogP contribution in [0.2, 0.25) is 5.02 Å². The van der Waals surface area contributed by atoms with Gasteiger partial charge in [-0.05, 0) is 46.5 Å². The molecule has 0 radical (unpaired) electrons. The van der Waals surface area contributed by atoms with Gasteiger partial charge in [0.2, 0.25) is 0 Å². The van der Waals surface area contributed by atoms with Crippen molar-refractivity contribution in [1.29, 1.82) is 0 Å². The fourth-order valence-electron chi connectivity index (χ4n) is 4.30. The molecule has 3 nitrogen and oxygen atoms in total. The minimum Gasteiger partial charge on any atom is -0.208 e. The Balaban J connectivity index is 1.48. The van der Waals surface area contributed by atoms with Gasteiger partial charge in [0.05, 0.1) is 0 Å². The van der Waals surface area contributed by atoms with Crippen LogP contribution >= 0.6 is 11.6 Å².